The molecular formula is C55H34N4OS. The number of thiophene rings is 1. The quantitative estimate of drug-likeness (QED) is 0.189. The molecule has 0 saturated heterocycles. The van der Waals surface area contributed by atoms with Crippen LogP contribution in [0.25, 0.3) is 91.5 Å². The van der Waals surface area contributed by atoms with Gasteiger partial charge in [0.05, 0.1) is 16.6 Å². The van der Waals surface area contributed by atoms with Crippen molar-refractivity contribution in [3.63, 3.8) is 0 Å². The van der Waals surface area contributed by atoms with Gasteiger partial charge in [0.15, 0.2) is 5.84 Å². The standard InChI is InChI=1S/C55H34N4OS/c1-2-13-33(14-3-1)34-17-12-18-37(27-34)53-56-54(38-25-26-43-42-21-8-11-24-50(42)61-51(43)30-38)58-55(57-53)46-32-39(31-45-41-20-7-10-23-49(41)60-52(45)46)59-47-22-9-6-19-40(47)44-28-35-15-4-5-16-36(35)29-48(44)59/h1-32,53H,(H,56,57,58). The van der Waals surface area contributed by atoms with Gasteiger partial charge in [0.1, 0.15) is 23.2 Å². The van der Waals surface area contributed by atoms with Crippen molar-refractivity contribution < 1.29 is 4.42 Å². The summed E-state index contributed by atoms with van der Waals surface area (Å²) in [5.41, 5.74) is 10.1. The Morgan fingerprint density at radius 2 is 1.23 bits per heavy atom. The predicted octanol–water partition coefficient (Wildman–Crippen LogP) is 14.4. The minimum Gasteiger partial charge on any atom is -0.455 e. The van der Waals surface area contributed by atoms with E-state index in [0.29, 0.717) is 11.7 Å². The third-order valence-electron chi connectivity index (χ3n) is 12.2. The van der Waals surface area contributed by atoms with Crippen molar-refractivity contribution in [2.45, 2.75) is 6.17 Å². The number of para-hydroxylation sites is 2. The zero-order chi connectivity index (χ0) is 40.0. The molecule has 0 fully saturated rings. The Balaban J connectivity index is 1.06. The van der Waals surface area contributed by atoms with Crippen molar-refractivity contribution in [1.82, 2.24) is 9.88 Å². The fraction of sp³-hybridized carbons (Fsp3) is 0.0182. The van der Waals surface area contributed by atoms with Crippen LogP contribution >= 0.6 is 11.3 Å². The van der Waals surface area contributed by atoms with Gasteiger partial charge in [0.25, 0.3) is 0 Å². The second kappa shape index (κ2) is 13.4. The minimum atomic E-state index is -0.424. The molecule has 5 nitrogen and oxygen atoms in total. The highest BCUT2D eigenvalue weighted by atomic mass is 32.1. The average Bonchev–Trinajstić information content (AvgIpc) is 4.00. The van der Waals surface area contributed by atoms with Crippen LogP contribution in [0.5, 0.6) is 0 Å². The van der Waals surface area contributed by atoms with E-state index in [0.717, 1.165) is 66.5 Å². The van der Waals surface area contributed by atoms with Crippen molar-refractivity contribution in [1.29, 1.82) is 0 Å². The Labute approximate surface area is 354 Å². The minimum absolute atomic E-state index is 0.424. The molecule has 0 saturated carbocycles. The Kier molecular flexibility index (Phi) is 7.47. The van der Waals surface area contributed by atoms with Gasteiger partial charge in [-0.3, -0.25) is 0 Å². The fourth-order valence-corrected chi connectivity index (χ4v) is 10.5. The van der Waals surface area contributed by atoms with E-state index < -0.39 is 6.17 Å². The van der Waals surface area contributed by atoms with Gasteiger partial charge in [-0.05, 0) is 82.1 Å². The van der Waals surface area contributed by atoms with Gasteiger partial charge in [-0.15, -0.1) is 11.3 Å². The normalized spacial score (nSPS) is 14.4. The molecule has 1 aliphatic heterocycles. The lowest BCUT2D eigenvalue weighted by Gasteiger charge is -2.24. The first-order chi connectivity index (χ1) is 30.2. The van der Waals surface area contributed by atoms with Crippen molar-refractivity contribution >= 4 is 97.7 Å². The van der Waals surface area contributed by atoms with Crippen LogP contribution in [-0.2, 0) is 0 Å². The lowest BCUT2D eigenvalue weighted by molar-refractivity contribution is 0.659. The maximum absolute atomic E-state index is 6.82. The van der Waals surface area contributed by atoms with Gasteiger partial charge < -0.3 is 14.3 Å². The summed E-state index contributed by atoms with van der Waals surface area (Å²) in [5.74, 6) is 1.37. The highest BCUT2D eigenvalue weighted by Crippen LogP contribution is 2.40. The van der Waals surface area contributed by atoms with E-state index in [-0.39, 0.29) is 0 Å². The molecule has 1 atom stereocenters. The van der Waals surface area contributed by atoms with Crippen LogP contribution in [0.1, 0.15) is 22.9 Å². The number of hydrogen-bond donors (Lipinski definition) is 1. The largest absolute Gasteiger partial charge is 0.455 e. The molecule has 0 spiro atoms. The highest BCUT2D eigenvalue weighted by molar-refractivity contribution is 7.25. The summed E-state index contributed by atoms with van der Waals surface area (Å²) in [5, 5.41) is 13.3. The number of nitrogens with zero attached hydrogens (tertiary/aromatic N) is 3. The van der Waals surface area contributed by atoms with E-state index >= 15 is 0 Å². The molecule has 0 radical (unpaired) electrons. The summed E-state index contributed by atoms with van der Waals surface area (Å²) < 4.78 is 11.7. The van der Waals surface area contributed by atoms with E-state index in [1.807, 2.05) is 12.1 Å². The zero-order valence-corrected chi connectivity index (χ0v) is 33.5. The zero-order valence-electron chi connectivity index (χ0n) is 32.7. The Morgan fingerprint density at radius 3 is 2.13 bits per heavy atom. The molecule has 61 heavy (non-hydrogen) atoms. The van der Waals surface area contributed by atoms with E-state index in [9.17, 15) is 0 Å². The molecule has 3 aromatic heterocycles. The molecule has 286 valence electrons. The highest BCUT2D eigenvalue weighted by Gasteiger charge is 2.26. The molecule has 0 amide bonds. The molecule has 12 aromatic rings. The van der Waals surface area contributed by atoms with Crippen molar-refractivity contribution in [2.75, 3.05) is 0 Å². The van der Waals surface area contributed by atoms with Crippen LogP contribution in [0.3, 0.4) is 0 Å². The van der Waals surface area contributed by atoms with Gasteiger partial charge in [0.2, 0.25) is 0 Å². The van der Waals surface area contributed by atoms with E-state index in [1.165, 1.54) is 41.7 Å². The van der Waals surface area contributed by atoms with Gasteiger partial charge in [-0.25, -0.2) is 9.98 Å². The van der Waals surface area contributed by atoms with Crippen LogP contribution in [-0.4, -0.2) is 16.2 Å². The Hall–Kier alpha value is -7.80. The number of furan rings is 1. The number of benzene rings is 9. The van der Waals surface area contributed by atoms with Crippen LogP contribution < -0.4 is 5.32 Å². The van der Waals surface area contributed by atoms with E-state index in [1.54, 1.807) is 11.3 Å². The molecule has 0 bridgehead atoms. The lowest BCUT2D eigenvalue weighted by atomic mass is 10.0. The number of aromatic nitrogens is 1. The van der Waals surface area contributed by atoms with Gasteiger partial charge in [0, 0.05) is 53.0 Å². The third-order valence-corrected chi connectivity index (χ3v) is 13.3. The van der Waals surface area contributed by atoms with Gasteiger partial charge in [-0.2, -0.15) is 0 Å². The molecule has 4 heterocycles. The first-order valence-electron chi connectivity index (χ1n) is 20.6. The molecule has 1 N–H and O–H groups in total. The SMILES string of the molecule is c1ccc(-c2cccc(C3N=C(c4ccc5c(c4)sc4ccccc45)N=C(c4cc(-n5c6ccccc6c6cc7ccccc7cc65)cc5c4oc4ccccc45)N3)c2)cc1. The van der Waals surface area contributed by atoms with Crippen LogP contribution in [0, 0.1) is 0 Å². The summed E-state index contributed by atoms with van der Waals surface area (Å²) in [6.07, 6.45) is -0.424. The Bertz CT molecular complexity index is 3810. The first-order valence-corrected chi connectivity index (χ1v) is 21.4. The molecule has 6 heteroatoms. The monoisotopic (exact) mass is 798 g/mol. The molecule has 13 rings (SSSR count). The number of fused-ring (bicyclic) bond motifs is 10. The van der Waals surface area contributed by atoms with Crippen molar-refractivity contribution in [2.24, 2.45) is 9.98 Å². The smallest absolute Gasteiger partial charge is 0.159 e. The predicted molar refractivity (Wildman–Crippen MR) is 256 cm³/mol. The molecule has 0 aliphatic carbocycles. The number of nitrogens with one attached hydrogen (secondary N) is 1. The lowest BCUT2D eigenvalue weighted by Crippen LogP contribution is -2.33. The van der Waals surface area contributed by atoms with Gasteiger partial charge in [-0.1, -0.05) is 140 Å². The summed E-state index contributed by atoms with van der Waals surface area (Å²) >= 11 is 1.80. The molecule has 9 aromatic carbocycles. The summed E-state index contributed by atoms with van der Waals surface area (Å²) in [6, 6.07) is 69.2. The fourth-order valence-electron chi connectivity index (χ4n) is 9.32. The van der Waals surface area contributed by atoms with Crippen molar-refractivity contribution in [3.8, 4) is 16.8 Å². The van der Waals surface area contributed by atoms with E-state index in [4.69, 9.17) is 14.4 Å². The molecular weight excluding hydrogens is 765 g/mol. The Morgan fingerprint density at radius 1 is 0.492 bits per heavy atom. The number of aliphatic imine (C=N–C) groups is 2. The summed E-state index contributed by atoms with van der Waals surface area (Å²) in [7, 11) is 0. The van der Waals surface area contributed by atoms with Crippen LogP contribution in [0.15, 0.2) is 209 Å². The third kappa shape index (κ3) is 5.46. The number of hydrogen-bond acceptors (Lipinski definition) is 5. The first kappa shape index (κ1) is 34.1. The number of amidine groups is 2. The van der Waals surface area contributed by atoms with Gasteiger partial charge >= 0.3 is 0 Å². The summed E-state index contributed by atoms with van der Waals surface area (Å²) in [6.45, 7) is 0. The second-order valence-electron chi connectivity index (χ2n) is 15.8. The van der Waals surface area contributed by atoms with E-state index in [2.05, 4.69) is 192 Å². The van der Waals surface area contributed by atoms with Crippen LogP contribution in [0.4, 0.5) is 0 Å². The summed E-state index contributed by atoms with van der Waals surface area (Å²) in [4.78, 5) is 10.8. The average molecular weight is 799 g/mol. The molecule has 1 aliphatic rings. The number of rotatable bonds is 5. The maximum Gasteiger partial charge on any atom is 0.159 e. The topological polar surface area (TPSA) is 54.8 Å². The second-order valence-corrected chi connectivity index (χ2v) is 16.9. The van der Waals surface area contributed by atoms with Crippen molar-refractivity contribution in [3.05, 3.63) is 211 Å². The maximum atomic E-state index is 6.82. The molecule has 1 unspecified atom stereocenters. The van der Waals surface area contributed by atoms with Crippen LogP contribution in [0.2, 0.25) is 0 Å².